The van der Waals surface area contributed by atoms with E-state index in [9.17, 15) is 4.79 Å². The average molecular weight is 394 g/mol. The van der Waals surface area contributed by atoms with Crippen molar-refractivity contribution in [1.29, 1.82) is 0 Å². The molecule has 1 heterocycles. The van der Waals surface area contributed by atoms with Gasteiger partial charge in [-0.25, -0.2) is 5.01 Å². The molecule has 0 fully saturated rings. The second-order valence-corrected chi connectivity index (χ2v) is 8.11. The van der Waals surface area contributed by atoms with Gasteiger partial charge in [-0.15, -0.1) is 0 Å². The molecular weight excluding hydrogens is 362 g/mol. The highest BCUT2D eigenvalue weighted by Crippen LogP contribution is 2.35. The Hall–Kier alpha value is -2.66. The van der Waals surface area contributed by atoms with Gasteiger partial charge in [0.15, 0.2) is 0 Å². The van der Waals surface area contributed by atoms with Gasteiger partial charge in [0.1, 0.15) is 5.75 Å². The van der Waals surface area contributed by atoms with E-state index in [-0.39, 0.29) is 11.9 Å². The molecule has 1 unspecified atom stereocenters. The first-order valence-electron chi connectivity index (χ1n) is 10.1. The molecule has 0 radical (unpaired) electrons. The van der Waals surface area contributed by atoms with Crippen molar-refractivity contribution in [3.05, 3.63) is 64.7 Å². The zero-order chi connectivity index (χ0) is 21.1. The molecule has 0 bridgehead atoms. The quantitative estimate of drug-likeness (QED) is 0.734. The van der Waals surface area contributed by atoms with Crippen LogP contribution in [0.5, 0.6) is 5.75 Å². The minimum atomic E-state index is -0.131. The molecule has 5 nitrogen and oxygen atoms in total. The van der Waals surface area contributed by atoms with E-state index < -0.39 is 0 Å². The summed E-state index contributed by atoms with van der Waals surface area (Å²) in [5.74, 6) is 0.795. The molecule has 0 saturated heterocycles. The molecule has 5 heteroatoms. The number of nitrogens with zero attached hydrogens (tertiary/aromatic N) is 3. The van der Waals surface area contributed by atoms with E-state index in [1.54, 1.807) is 12.1 Å². The Balaban J connectivity index is 1.98. The molecule has 0 aliphatic carbocycles. The molecule has 2 aromatic rings. The molecule has 1 atom stereocenters. The van der Waals surface area contributed by atoms with Crippen LogP contribution in [0.15, 0.2) is 47.6 Å². The van der Waals surface area contributed by atoms with Gasteiger partial charge >= 0.3 is 0 Å². The van der Waals surface area contributed by atoms with Crippen LogP contribution >= 0.6 is 0 Å². The average Bonchev–Trinajstić information content (AvgIpc) is 3.15. The maximum absolute atomic E-state index is 13.2. The zero-order valence-electron chi connectivity index (χ0n) is 18.3. The van der Waals surface area contributed by atoms with E-state index in [1.165, 1.54) is 11.1 Å². The van der Waals surface area contributed by atoms with E-state index >= 15 is 0 Å². The van der Waals surface area contributed by atoms with Crippen LogP contribution in [0.1, 0.15) is 48.6 Å². The fraction of sp³-hybridized carbons (Fsp3) is 0.417. The minimum Gasteiger partial charge on any atom is -0.497 e. The lowest BCUT2D eigenvalue weighted by Crippen LogP contribution is -2.39. The second-order valence-electron chi connectivity index (χ2n) is 8.11. The largest absolute Gasteiger partial charge is 0.497 e. The Morgan fingerprint density at radius 3 is 2.69 bits per heavy atom. The predicted molar refractivity (Wildman–Crippen MR) is 117 cm³/mol. The van der Waals surface area contributed by atoms with Crippen LogP contribution < -0.4 is 4.74 Å². The number of hydrogen-bond acceptors (Lipinski definition) is 4. The third kappa shape index (κ3) is 4.67. The number of ether oxygens (including phenoxy) is 1. The van der Waals surface area contributed by atoms with Crippen molar-refractivity contribution in [3.8, 4) is 5.75 Å². The number of rotatable bonds is 6. The molecule has 0 aromatic heterocycles. The normalized spacial score (nSPS) is 16.5. The highest BCUT2D eigenvalue weighted by Gasteiger charge is 2.34. The molecule has 29 heavy (non-hydrogen) atoms. The van der Waals surface area contributed by atoms with Crippen LogP contribution in [0.4, 0.5) is 0 Å². The lowest BCUT2D eigenvalue weighted by Gasteiger charge is -2.26. The summed E-state index contributed by atoms with van der Waals surface area (Å²) in [7, 11) is 3.63. The number of benzene rings is 2. The van der Waals surface area contributed by atoms with Crippen molar-refractivity contribution in [3.63, 3.8) is 0 Å². The Morgan fingerprint density at radius 2 is 2.00 bits per heavy atom. The summed E-state index contributed by atoms with van der Waals surface area (Å²) in [4.78, 5) is 15.2. The van der Waals surface area contributed by atoms with Gasteiger partial charge in [-0.05, 0) is 64.1 Å². The van der Waals surface area contributed by atoms with Gasteiger partial charge in [0.2, 0.25) is 0 Å². The summed E-state index contributed by atoms with van der Waals surface area (Å²) in [6.45, 7) is 8.68. The van der Waals surface area contributed by atoms with Crippen LogP contribution in [-0.4, -0.2) is 48.3 Å². The van der Waals surface area contributed by atoms with E-state index in [1.807, 2.05) is 36.2 Å². The van der Waals surface area contributed by atoms with Crippen molar-refractivity contribution in [2.24, 2.45) is 5.10 Å². The molecule has 1 aliphatic heterocycles. The van der Waals surface area contributed by atoms with E-state index in [0.717, 1.165) is 22.6 Å². The summed E-state index contributed by atoms with van der Waals surface area (Å²) in [6.07, 6.45) is 0.689. The van der Waals surface area contributed by atoms with Gasteiger partial charge in [-0.1, -0.05) is 29.8 Å². The number of amides is 1. The maximum atomic E-state index is 13.2. The van der Waals surface area contributed by atoms with Crippen LogP contribution in [0.3, 0.4) is 0 Å². The number of hydrogen-bond donors (Lipinski definition) is 0. The minimum absolute atomic E-state index is 0.00864. The van der Waals surface area contributed by atoms with Crippen LogP contribution in [0.2, 0.25) is 0 Å². The third-order valence-electron chi connectivity index (χ3n) is 5.61. The third-order valence-corrected chi connectivity index (χ3v) is 5.61. The van der Waals surface area contributed by atoms with Gasteiger partial charge in [0.05, 0.1) is 25.4 Å². The molecule has 0 N–H and O–H groups in total. The predicted octanol–water partition coefficient (Wildman–Crippen LogP) is 4.33. The highest BCUT2D eigenvalue weighted by molar-refractivity contribution is 6.04. The maximum Gasteiger partial charge on any atom is 0.257 e. The number of likely N-dealkylation sites (N-methyl/N-ethyl adjacent to an activating group) is 1. The first-order chi connectivity index (χ1) is 13.8. The van der Waals surface area contributed by atoms with E-state index in [4.69, 9.17) is 9.84 Å². The fourth-order valence-corrected chi connectivity index (χ4v) is 3.53. The smallest absolute Gasteiger partial charge is 0.257 e. The van der Waals surface area contributed by atoms with Crippen molar-refractivity contribution < 1.29 is 9.53 Å². The Morgan fingerprint density at radius 1 is 1.24 bits per heavy atom. The molecule has 1 amide bonds. The van der Waals surface area contributed by atoms with Crippen LogP contribution in [0.25, 0.3) is 0 Å². The van der Waals surface area contributed by atoms with Crippen molar-refractivity contribution in [2.75, 3.05) is 20.7 Å². The summed E-state index contributed by atoms with van der Waals surface area (Å²) >= 11 is 0. The van der Waals surface area contributed by atoms with Gasteiger partial charge < -0.3 is 4.74 Å². The molecule has 3 rings (SSSR count). The van der Waals surface area contributed by atoms with Crippen LogP contribution in [-0.2, 0) is 4.79 Å². The monoisotopic (exact) mass is 393 g/mol. The topological polar surface area (TPSA) is 45.1 Å². The zero-order valence-corrected chi connectivity index (χ0v) is 18.3. The van der Waals surface area contributed by atoms with Gasteiger partial charge in [0.25, 0.3) is 5.91 Å². The molecule has 0 saturated carbocycles. The summed E-state index contributed by atoms with van der Waals surface area (Å²) in [5.41, 5.74) is 5.47. The number of hydrazone groups is 1. The lowest BCUT2D eigenvalue weighted by molar-refractivity contribution is -0.134. The first kappa shape index (κ1) is 21.1. The highest BCUT2D eigenvalue weighted by atomic mass is 16.5. The molecular formula is C24H31N3O2. The van der Waals surface area contributed by atoms with E-state index in [0.29, 0.717) is 19.0 Å². The van der Waals surface area contributed by atoms with Crippen LogP contribution in [0, 0.1) is 13.8 Å². The number of carbonyl (C=O) groups excluding carboxylic acids is 1. The Labute approximate surface area is 174 Å². The molecule has 1 aliphatic rings. The Kier molecular flexibility index (Phi) is 6.38. The van der Waals surface area contributed by atoms with Crippen molar-refractivity contribution in [1.82, 2.24) is 9.91 Å². The molecule has 2 aromatic carbocycles. The second kappa shape index (κ2) is 8.78. The van der Waals surface area contributed by atoms with E-state index in [2.05, 4.69) is 45.9 Å². The van der Waals surface area contributed by atoms with Gasteiger partial charge in [0, 0.05) is 18.0 Å². The number of aryl methyl sites for hydroxylation is 2. The fourth-order valence-electron chi connectivity index (χ4n) is 3.53. The van der Waals surface area contributed by atoms with Gasteiger partial charge in [-0.3, -0.25) is 9.69 Å². The standard InChI is InChI=1S/C24H31N3O2/c1-16(2)26(5)15-24(28)27-23(19-8-7-9-20(13-19)29-6)14-22(25-27)21-12-17(3)10-11-18(21)4/h7-13,16,23H,14-15H2,1-6H3. The summed E-state index contributed by atoms with van der Waals surface area (Å²) in [6, 6.07) is 14.5. The van der Waals surface area contributed by atoms with Crippen molar-refractivity contribution in [2.45, 2.75) is 46.2 Å². The summed E-state index contributed by atoms with van der Waals surface area (Å²) in [5, 5.41) is 6.49. The Bertz CT molecular complexity index is 920. The first-order valence-corrected chi connectivity index (χ1v) is 10.1. The van der Waals surface area contributed by atoms with Gasteiger partial charge in [-0.2, -0.15) is 5.10 Å². The molecule has 0 spiro atoms. The SMILES string of the molecule is COc1cccc(C2CC(c3cc(C)ccc3C)=NN2C(=O)CN(C)C(C)C)c1. The number of carbonyl (C=O) groups is 1. The lowest BCUT2D eigenvalue weighted by atomic mass is 9.95. The molecule has 154 valence electrons. The summed E-state index contributed by atoms with van der Waals surface area (Å²) < 4.78 is 5.40. The van der Waals surface area contributed by atoms with Crippen molar-refractivity contribution >= 4 is 11.6 Å². The number of methoxy groups -OCH3 is 1.